The van der Waals surface area contributed by atoms with E-state index in [2.05, 4.69) is 9.97 Å². The summed E-state index contributed by atoms with van der Waals surface area (Å²) < 4.78 is 0. The number of benzene rings is 1. The minimum Gasteiger partial charge on any atom is -0.478 e. The van der Waals surface area contributed by atoms with Crippen molar-refractivity contribution in [3.8, 4) is 0 Å². The minimum atomic E-state index is -0.966. The standard InChI is InChI=1S/C14H15N3O2/c1-9-8-10(2)16-14(15-9)17(3)12-7-5-4-6-11(12)13(18)19/h4-8H,1-3H3,(H,18,19). The average Bonchev–Trinajstić information content (AvgIpc) is 2.36. The zero-order valence-electron chi connectivity index (χ0n) is 11.1. The van der Waals surface area contributed by atoms with E-state index in [1.807, 2.05) is 19.9 Å². The Hall–Kier alpha value is -2.43. The number of para-hydroxylation sites is 1. The Balaban J connectivity index is 2.49. The van der Waals surface area contributed by atoms with Crippen LogP contribution in [0.15, 0.2) is 30.3 Å². The Morgan fingerprint density at radius 1 is 1.16 bits per heavy atom. The lowest BCUT2D eigenvalue weighted by Crippen LogP contribution is -2.17. The molecule has 2 aromatic rings. The highest BCUT2D eigenvalue weighted by Gasteiger charge is 2.15. The van der Waals surface area contributed by atoms with Gasteiger partial charge in [-0.25, -0.2) is 14.8 Å². The fraction of sp³-hybridized carbons (Fsp3) is 0.214. The molecule has 0 saturated carbocycles. The third-order valence-electron chi connectivity index (χ3n) is 2.77. The molecule has 0 atom stereocenters. The first-order valence-electron chi connectivity index (χ1n) is 5.87. The minimum absolute atomic E-state index is 0.229. The highest BCUT2D eigenvalue weighted by atomic mass is 16.4. The fourth-order valence-corrected chi connectivity index (χ4v) is 1.91. The van der Waals surface area contributed by atoms with Gasteiger partial charge in [0.05, 0.1) is 11.3 Å². The molecule has 0 aliphatic rings. The largest absolute Gasteiger partial charge is 0.478 e. The molecular formula is C14H15N3O2. The molecule has 19 heavy (non-hydrogen) atoms. The second-order valence-corrected chi connectivity index (χ2v) is 4.33. The van der Waals surface area contributed by atoms with Crippen molar-refractivity contribution in [2.24, 2.45) is 0 Å². The van der Waals surface area contributed by atoms with Crippen molar-refractivity contribution in [1.29, 1.82) is 0 Å². The number of hydrogen-bond donors (Lipinski definition) is 1. The molecule has 1 aromatic carbocycles. The van der Waals surface area contributed by atoms with Crippen LogP contribution < -0.4 is 4.90 Å². The molecule has 1 aromatic heterocycles. The number of rotatable bonds is 3. The first-order valence-corrected chi connectivity index (χ1v) is 5.87. The first-order chi connectivity index (χ1) is 8.99. The third kappa shape index (κ3) is 2.70. The zero-order chi connectivity index (χ0) is 14.0. The van der Waals surface area contributed by atoms with Gasteiger partial charge < -0.3 is 10.0 Å². The summed E-state index contributed by atoms with van der Waals surface area (Å²) in [4.78, 5) is 21.6. The van der Waals surface area contributed by atoms with E-state index < -0.39 is 5.97 Å². The Morgan fingerprint density at radius 3 is 2.32 bits per heavy atom. The molecule has 0 aliphatic carbocycles. The van der Waals surface area contributed by atoms with Gasteiger partial charge in [-0.2, -0.15) is 0 Å². The van der Waals surface area contributed by atoms with Gasteiger partial charge in [0.1, 0.15) is 0 Å². The average molecular weight is 257 g/mol. The Labute approximate surface area is 111 Å². The monoisotopic (exact) mass is 257 g/mol. The number of hydrogen-bond acceptors (Lipinski definition) is 4. The summed E-state index contributed by atoms with van der Waals surface area (Å²) in [5.74, 6) is -0.474. The zero-order valence-corrected chi connectivity index (χ0v) is 11.1. The number of aromatic nitrogens is 2. The highest BCUT2D eigenvalue weighted by molar-refractivity contribution is 5.95. The number of aromatic carboxylic acids is 1. The van der Waals surface area contributed by atoms with Crippen LogP contribution in [0.5, 0.6) is 0 Å². The number of aryl methyl sites for hydroxylation is 2. The van der Waals surface area contributed by atoms with Crippen LogP contribution in [-0.4, -0.2) is 28.1 Å². The maximum Gasteiger partial charge on any atom is 0.337 e. The van der Waals surface area contributed by atoms with Gasteiger partial charge >= 0.3 is 5.97 Å². The van der Waals surface area contributed by atoms with Crippen LogP contribution in [0.2, 0.25) is 0 Å². The van der Waals surface area contributed by atoms with Crippen LogP contribution in [0.1, 0.15) is 21.7 Å². The fourth-order valence-electron chi connectivity index (χ4n) is 1.91. The SMILES string of the molecule is Cc1cc(C)nc(N(C)c2ccccc2C(=O)O)n1. The smallest absolute Gasteiger partial charge is 0.337 e. The maximum absolute atomic E-state index is 11.2. The van der Waals surface area contributed by atoms with Crippen LogP contribution in [0.4, 0.5) is 11.6 Å². The lowest BCUT2D eigenvalue weighted by Gasteiger charge is -2.19. The van der Waals surface area contributed by atoms with E-state index in [0.717, 1.165) is 11.4 Å². The molecule has 2 rings (SSSR count). The van der Waals surface area contributed by atoms with Crippen LogP contribution in [0.25, 0.3) is 0 Å². The van der Waals surface area contributed by atoms with Crippen LogP contribution >= 0.6 is 0 Å². The van der Waals surface area contributed by atoms with Gasteiger partial charge in [0.2, 0.25) is 5.95 Å². The molecule has 0 unspecified atom stereocenters. The molecule has 5 nitrogen and oxygen atoms in total. The second-order valence-electron chi connectivity index (χ2n) is 4.33. The molecule has 0 fully saturated rings. The predicted octanol–water partition coefficient (Wildman–Crippen LogP) is 2.56. The van der Waals surface area contributed by atoms with Crippen molar-refractivity contribution < 1.29 is 9.90 Å². The molecule has 1 heterocycles. The van der Waals surface area contributed by atoms with Crippen LogP contribution in [-0.2, 0) is 0 Å². The van der Waals surface area contributed by atoms with Crippen molar-refractivity contribution in [2.45, 2.75) is 13.8 Å². The van der Waals surface area contributed by atoms with Crippen molar-refractivity contribution >= 4 is 17.6 Å². The lowest BCUT2D eigenvalue weighted by atomic mass is 10.1. The van der Waals surface area contributed by atoms with Crippen LogP contribution in [0.3, 0.4) is 0 Å². The summed E-state index contributed by atoms with van der Waals surface area (Å²) in [7, 11) is 1.76. The van der Waals surface area contributed by atoms with E-state index in [-0.39, 0.29) is 5.56 Å². The van der Waals surface area contributed by atoms with Gasteiger partial charge in [0.15, 0.2) is 0 Å². The highest BCUT2D eigenvalue weighted by Crippen LogP contribution is 2.24. The Kier molecular flexibility index (Phi) is 3.46. The van der Waals surface area contributed by atoms with Gasteiger partial charge in [-0.3, -0.25) is 0 Å². The van der Waals surface area contributed by atoms with E-state index in [1.54, 1.807) is 36.2 Å². The van der Waals surface area contributed by atoms with Crippen molar-refractivity contribution in [1.82, 2.24) is 9.97 Å². The Morgan fingerprint density at radius 2 is 1.74 bits per heavy atom. The van der Waals surface area contributed by atoms with E-state index in [0.29, 0.717) is 11.6 Å². The van der Waals surface area contributed by atoms with E-state index in [1.165, 1.54) is 0 Å². The van der Waals surface area contributed by atoms with E-state index in [4.69, 9.17) is 0 Å². The summed E-state index contributed by atoms with van der Waals surface area (Å²) in [5.41, 5.74) is 2.50. The molecule has 0 saturated heterocycles. The van der Waals surface area contributed by atoms with Crippen LogP contribution in [0, 0.1) is 13.8 Å². The maximum atomic E-state index is 11.2. The van der Waals surface area contributed by atoms with Gasteiger partial charge in [0.25, 0.3) is 0 Å². The third-order valence-corrected chi connectivity index (χ3v) is 2.77. The molecule has 5 heteroatoms. The van der Waals surface area contributed by atoms with Crippen molar-refractivity contribution in [3.05, 3.63) is 47.3 Å². The normalized spacial score (nSPS) is 10.3. The number of nitrogens with zero attached hydrogens (tertiary/aromatic N) is 3. The molecular weight excluding hydrogens is 242 g/mol. The topological polar surface area (TPSA) is 66.3 Å². The molecule has 1 N–H and O–H groups in total. The molecule has 0 amide bonds. The predicted molar refractivity (Wildman–Crippen MR) is 73.0 cm³/mol. The van der Waals surface area contributed by atoms with Gasteiger partial charge in [-0.05, 0) is 32.0 Å². The molecule has 0 aliphatic heterocycles. The lowest BCUT2D eigenvalue weighted by molar-refractivity contribution is 0.0697. The van der Waals surface area contributed by atoms with Gasteiger partial charge in [0, 0.05) is 18.4 Å². The summed E-state index contributed by atoms with van der Waals surface area (Å²) in [6, 6.07) is 8.67. The molecule has 98 valence electrons. The Bertz CT molecular complexity index is 606. The van der Waals surface area contributed by atoms with E-state index in [9.17, 15) is 9.90 Å². The summed E-state index contributed by atoms with van der Waals surface area (Å²) in [6.45, 7) is 3.77. The van der Waals surface area contributed by atoms with Crippen molar-refractivity contribution in [3.63, 3.8) is 0 Å². The first kappa shape index (κ1) is 13.0. The molecule has 0 spiro atoms. The number of carbonyl (C=O) groups is 1. The summed E-state index contributed by atoms with van der Waals surface area (Å²) in [6.07, 6.45) is 0. The van der Waals surface area contributed by atoms with Crippen molar-refractivity contribution in [2.75, 3.05) is 11.9 Å². The molecule has 0 bridgehead atoms. The number of carboxylic acid groups (broad SMARTS) is 1. The summed E-state index contributed by atoms with van der Waals surface area (Å²) >= 11 is 0. The second kappa shape index (κ2) is 5.06. The van der Waals surface area contributed by atoms with Gasteiger partial charge in [-0.1, -0.05) is 12.1 Å². The molecule has 0 radical (unpaired) electrons. The number of carboxylic acids is 1. The quantitative estimate of drug-likeness (QED) is 0.915. The van der Waals surface area contributed by atoms with Gasteiger partial charge in [-0.15, -0.1) is 0 Å². The van der Waals surface area contributed by atoms with E-state index >= 15 is 0 Å². The summed E-state index contributed by atoms with van der Waals surface area (Å²) in [5, 5.41) is 9.20. The number of anilines is 2.